The van der Waals surface area contributed by atoms with Gasteiger partial charge in [-0.1, -0.05) is 54.1 Å². The number of amides is 1. The summed E-state index contributed by atoms with van der Waals surface area (Å²) < 4.78 is 5.02. The van der Waals surface area contributed by atoms with Gasteiger partial charge in [0, 0.05) is 22.5 Å². The Labute approximate surface area is 159 Å². The number of nitrogens with one attached hydrogen (secondary N) is 1. The number of carbonyl (C=O) groups excluding carboxylic acids is 2. The molecule has 0 spiro atoms. The molecule has 26 heavy (non-hydrogen) atoms. The van der Waals surface area contributed by atoms with Gasteiger partial charge in [-0.05, 0) is 17.7 Å². The Kier molecular flexibility index (Phi) is 5.99. The predicted octanol–water partition coefficient (Wildman–Crippen LogP) is 3.94. The Morgan fingerprint density at radius 2 is 1.92 bits per heavy atom. The molecule has 0 saturated carbocycles. The first-order chi connectivity index (χ1) is 12.6. The fourth-order valence-corrected chi connectivity index (χ4v) is 3.19. The van der Waals surface area contributed by atoms with Crippen LogP contribution in [-0.4, -0.2) is 23.5 Å². The van der Waals surface area contributed by atoms with Crippen molar-refractivity contribution in [2.24, 2.45) is 0 Å². The first-order valence-corrected chi connectivity index (χ1v) is 9.07. The second-order valence-corrected chi connectivity index (χ2v) is 6.68. The third-order valence-electron chi connectivity index (χ3n) is 3.45. The summed E-state index contributed by atoms with van der Waals surface area (Å²) >= 11 is 7.24. The molecule has 3 rings (SSSR count). The van der Waals surface area contributed by atoms with Crippen LogP contribution in [0.15, 0.2) is 60.0 Å². The molecule has 0 fully saturated rings. The summed E-state index contributed by atoms with van der Waals surface area (Å²) in [7, 11) is 0. The lowest BCUT2D eigenvalue weighted by molar-refractivity contribution is -0.124. The molecule has 0 radical (unpaired) electrons. The number of hydrogen-bond donors (Lipinski definition) is 1. The van der Waals surface area contributed by atoms with Crippen LogP contribution >= 0.6 is 22.9 Å². The highest BCUT2D eigenvalue weighted by molar-refractivity contribution is 7.13. The summed E-state index contributed by atoms with van der Waals surface area (Å²) in [5.74, 6) is -1.02. The molecular formula is C19H15ClN2O3S. The molecule has 3 aromatic rings. The van der Waals surface area contributed by atoms with E-state index in [1.54, 1.807) is 23.6 Å². The monoisotopic (exact) mass is 386 g/mol. The molecule has 2 aromatic carbocycles. The second kappa shape index (κ2) is 8.60. The third-order valence-corrected chi connectivity index (χ3v) is 4.57. The molecule has 0 aliphatic rings. The molecule has 132 valence electrons. The molecule has 0 atom stereocenters. The van der Waals surface area contributed by atoms with E-state index in [1.807, 2.05) is 36.4 Å². The van der Waals surface area contributed by atoms with E-state index >= 15 is 0 Å². The SMILES string of the molecule is O=C(COC(=O)c1csc(-c2ccccc2)n1)NCc1cccc(Cl)c1. The zero-order valence-electron chi connectivity index (χ0n) is 13.6. The minimum absolute atomic E-state index is 0.191. The van der Waals surface area contributed by atoms with Crippen LogP contribution < -0.4 is 5.32 Å². The second-order valence-electron chi connectivity index (χ2n) is 5.39. The van der Waals surface area contributed by atoms with E-state index in [-0.39, 0.29) is 12.3 Å². The van der Waals surface area contributed by atoms with Gasteiger partial charge < -0.3 is 10.1 Å². The Hall–Kier alpha value is -2.70. The van der Waals surface area contributed by atoms with E-state index in [1.165, 1.54) is 11.3 Å². The smallest absolute Gasteiger partial charge is 0.358 e. The van der Waals surface area contributed by atoms with Crippen LogP contribution in [0.5, 0.6) is 0 Å². The van der Waals surface area contributed by atoms with Crippen molar-refractivity contribution in [1.29, 1.82) is 0 Å². The molecule has 0 aliphatic heterocycles. The highest BCUT2D eigenvalue weighted by Crippen LogP contribution is 2.23. The van der Waals surface area contributed by atoms with Crippen LogP contribution in [0.4, 0.5) is 0 Å². The van der Waals surface area contributed by atoms with Crippen LogP contribution in [0, 0.1) is 0 Å². The summed E-state index contributed by atoms with van der Waals surface area (Å²) in [6.45, 7) is -0.0522. The average molecular weight is 387 g/mol. The molecule has 7 heteroatoms. The van der Waals surface area contributed by atoms with Crippen molar-refractivity contribution < 1.29 is 14.3 Å². The molecule has 1 heterocycles. The van der Waals surface area contributed by atoms with Crippen LogP contribution in [-0.2, 0) is 16.1 Å². The molecule has 5 nitrogen and oxygen atoms in total. The van der Waals surface area contributed by atoms with Gasteiger partial charge in [0.2, 0.25) is 0 Å². The lowest BCUT2D eigenvalue weighted by Crippen LogP contribution is -2.28. The van der Waals surface area contributed by atoms with Crippen molar-refractivity contribution in [2.45, 2.75) is 6.54 Å². The zero-order valence-corrected chi connectivity index (χ0v) is 15.2. The lowest BCUT2D eigenvalue weighted by Gasteiger charge is -2.06. The third kappa shape index (κ3) is 4.91. The average Bonchev–Trinajstić information content (AvgIpc) is 3.15. The van der Waals surface area contributed by atoms with E-state index in [0.29, 0.717) is 11.6 Å². The number of ether oxygens (including phenoxy) is 1. The van der Waals surface area contributed by atoms with Gasteiger partial charge in [-0.25, -0.2) is 9.78 Å². The van der Waals surface area contributed by atoms with Crippen molar-refractivity contribution >= 4 is 34.8 Å². The van der Waals surface area contributed by atoms with Gasteiger partial charge >= 0.3 is 5.97 Å². The maximum absolute atomic E-state index is 12.0. The van der Waals surface area contributed by atoms with E-state index in [0.717, 1.165) is 16.1 Å². The maximum Gasteiger partial charge on any atom is 0.358 e. The van der Waals surface area contributed by atoms with Crippen molar-refractivity contribution in [3.05, 3.63) is 76.3 Å². The number of halogens is 1. The molecule has 1 amide bonds. The number of hydrogen-bond acceptors (Lipinski definition) is 5. The number of rotatable bonds is 6. The molecule has 0 saturated heterocycles. The van der Waals surface area contributed by atoms with Gasteiger partial charge in [0.25, 0.3) is 5.91 Å². The molecule has 0 bridgehead atoms. The van der Waals surface area contributed by atoms with E-state index < -0.39 is 11.9 Å². The highest BCUT2D eigenvalue weighted by Gasteiger charge is 2.14. The topological polar surface area (TPSA) is 68.3 Å². The summed E-state index contributed by atoms with van der Waals surface area (Å²) in [5, 5.41) is 5.61. The van der Waals surface area contributed by atoms with Gasteiger partial charge in [0.05, 0.1) is 0 Å². The summed E-state index contributed by atoms with van der Waals surface area (Å²) in [5.41, 5.74) is 1.98. The first-order valence-electron chi connectivity index (χ1n) is 7.81. The lowest BCUT2D eigenvalue weighted by atomic mass is 10.2. The van der Waals surface area contributed by atoms with E-state index in [9.17, 15) is 9.59 Å². The minimum Gasteiger partial charge on any atom is -0.451 e. The van der Waals surface area contributed by atoms with Gasteiger partial charge in [-0.2, -0.15) is 0 Å². The fourth-order valence-electron chi connectivity index (χ4n) is 2.18. The number of thiazole rings is 1. The van der Waals surface area contributed by atoms with Gasteiger partial charge in [0.1, 0.15) is 5.01 Å². The van der Waals surface area contributed by atoms with Gasteiger partial charge in [-0.3, -0.25) is 4.79 Å². The normalized spacial score (nSPS) is 10.3. The van der Waals surface area contributed by atoms with E-state index in [2.05, 4.69) is 10.3 Å². The number of aromatic nitrogens is 1. The molecule has 0 aliphatic carbocycles. The van der Waals surface area contributed by atoms with Crippen LogP contribution in [0.25, 0.3) is 10.6 Å². The predicted molar refractivity (Wildman–Crippen MR) is 101 cm³/mol. The van der Waals surface area contributed by atoms with Crippen molar-refractivity contribution in [2.75, 3.05) is 6.61 Å². The van der Waals surface area contributed by atoms with Gasteiger partial charge in [-0.15, -0.1) is 11.3 Å². The number of esters is 1. The summed E-state index contributed by atoms with van der Waals surface area (Å²) in [4.78, 5) is 28.1. The number of carbonyl (C=O) groups is 2. The van der Waals surface area contributed by atoms with Crippen molar-refractivity contribution in [3.8, 4) is 10.6 Å². The largest absolute Gasteiger partial charge is 0.451 e. The standard InChI is InChI=1S/C19H15ClN2O3S/c20-15-8-4-5-13(9-15)10-21-17(23)11-25-19(24)16-12-26-18(22-16)14-6-2-1-3-7-14/h1-9,12H,10-11H2,(H,21,23). The van der Waals surface area contributed by atoms with Crippen molar-refractivity contribution in [1.82, 2.24) is 10.3 Å². The van der Waals surface area contributed by atoms with Crippen molar-refractivity contribution in [3.63, 3.8) is 0 Å². The molecule has 0 unspecified atom stereocenters. The zero-order chi connectivity index (χ0) is 18.4. The summed E-state index contributed by atoms with van der Waals surface area (Å²) in [6.07, 6.45) is 0. The van der Waals surface area contributed by atoms with Crippen LogP contribution in [0.2, 0.25) is 5.02 Å². The Morgan fingerprint density at radius 1 is 1.12 bits per heavy atom. The van der Waals surface area contributed by atoms with Crippen LogP contribution in [0.3, 0.4) is 0 Å². The van der Waals surface area contributed by atoms with Gasteiger partial charge in [0.15, 0.2) is 12.3 Å². The van der Waals surface area contributed by atoms with E-state index in [4.69, 9.17) is 16.3 Å². The molecular weight excluding hydrogens is 372 g/mol. The molecule has 1 N–H and O–H groups in total. The first kappa shape index (κ1) is 18.1. The fraction of sp³-hybridized carbons (Fsp3) is 0.105. The highest BCUT2D eigenvalue weighted by atomic mass is 35.5. The quantitative estimate of drug-likeness (QED) is 0.651. The molecule has 1 aromatic heterocycles. The Balaban J connectivity index is 1.49. The number of benzene rings is 2. The Bertz CT molecular complexity index is 912. The number of nitrogens with zero attached hydrogens (tertiary/aromatic N) is 1. The maximum atomic E-state index is 12.0. The Morgan fingerprint density at radius 3 is 2.69 bits per heavy atom. The summed E-state index contributed by atoms with van der Waals surface area (Å²) in [6, 6.07) is 16.7. The van der Waals surface area contributed by atoms with Crippen LogP contribution in [0.1, 0.15) is 16.1 Å². The minimum atomic E-state index is -0.624.